The van der Waals surface area contributed by atoms with E-state index in [1.807, 2.05) is 17.0 Å². The summed E-state index contributed by atoms with van der Waals surface area (Å²) in [6, 6.07) is 4.02. The molecule has 2 aromatic rings. The number of thiophene rings is 1. The number of piperazine rings is 1. The van der Waals surface area contributed by atoms with Gasteiger partial charge in [0.1, 0.15) is 12.1 Å². The van der Waals surface area contributed by atoms with Gasteiger partial charge in [0.15, 0.2) is 0 Å². The Morgan fingerprint density at radius 1 is 1.27 bits per heavy atom. The molecule has 4 heterocycles. The molecular formula is C24H32ClN5O2S. The van der Waals surface area contributed by atoms with Gasteiger partial charge in [0.05, 0.1) is 22.1 Å². The molecule has 2 N–H and O–H groups in total. The van der Waals surface area contributed by atoms with E-state index in [0.717, 1.165) is 52.2 Å². The van der Waals surface area contributed by atoms with Crippen LogP contribution < -0.4 is 10.2 Å². The summed E-state index contributed by atoms with van der Waals surface area (Å²) in [6.45, 7) is 9.27. The van der Waals surface area contributed by atoms with Crippen LogP contribution in [-0.2, 0) is 4.79 Å². The molecule has 3 aliphatic rings. The number of fused-ring (bicyclic) bond motifs is 1. The van der Waals surface area contributed by atoms with Crippen molar-refractivity contribution in [3.8, 4) is 0 Å². The highest BCUT2D eigenvalue weighted by molar-refractivity contribution is 7.16. The molecule has 4 atom stereocenters. The zero-order valence-corrected chi connectivity index (χ0v) is 21.0. The summed E-state index contributed by atoms with van der Waals surface area (Å²) in [7, 11) is 0. The molecule has 2 saturated heterocycles. The molecular weight excluding hydrogens is 458 g/mol. The summed E-state index contributed by atoms with van der Waals surface area (Å²) >= 11 is 7.76. The Balaban J connectivity index is 1.33. The molecule has 2 aromatic heterocycles. The lowest BCUT2D eigenvalue weighted by molar-refractivity contribution is -0.133. The molecule has 0 saturated carbocycles. The topological polar surface area (TPSA) is 81.6 Å². The van der Waals surface area contributed by atoms with Gasteiger partial charge in [0.2, 0.25) is 5.91 Å². The number of nitrogens with zero attached hydrogens (tertiary/aromatic N) is 4. The highest BCUT2D eigenvalue weighted by atomic mass is 35.5. The first kappa shape index (κ1) is 23.0. The molecule has 0 unspecified atom stereocenters. The molecule has 2 fully saturated rings. The fourth-order valence-electron chi connectivity index (χ4n) is 5.69. The lowest BCUT2D eigenvalue weighted by Crippen LogP contribution is -2.53. The van der Waals surface area contributed by atoms with Crippen molar-refractivity contribution in [1.29, 1.82) is 0 Å². The number of halogens is 1. The van der Waals surface area contributed by atoms with Crippen LogP contribution in [0.2, 0.25) is 4.34 Å². The van der Waals surface area contributed by atoms with E-state index in [2.05, 4.69) is 41.0 Å². The monoisotopic (exact) mass is 489 g/mol. The smallest absolute Gasteiger partial charge is 0.232 e. The van der Waals surface area contributed by atoms with Gasteiger partial charge in [-0.25, -0.2) is 9.97 Å². The predicted molar refractivity (Wildman–Crippen MR) is 131 cm³/mol. The third-order valence-corrected chi connectivity index (χ3v) is 8.71. The van der Waals surface area contributed by atoms with Crippen LogP contribution >= 0.6 is 22.9 Å². The fourth-order valence-corrected chi connectivity index (χ4v) is 6.91. The molecule has 9 heteroatoms. The van der Waals surface area contributed by atoms with Gasteiger partial charge in [0, 0.05) is 48.2 Å². The molecule has 0 bridgehead atoms. The van der Waals surface area contributed by atoms with Crippen molar-refractivity contribution in [3.63, 3.8) is 0 Å². The van der Waals surface area contributed by atoms with Crippen molar-refractivity contribution in [3.05, 3.63) is 38.9 Å². The Labute approximate surface area is 204 Å². The second-order valence-corrected chi connectivity index (χ2v) is 12.0. The highest BCUT2D eigenvalue weighted by Crippen LogP contribution is 2.43. The first-order valence-electron chi connectivity index (χ1n) is 11.8. The summed E-state index contributed by atoms with van der Waals surface area (Å²) < 4.78 is 0.721. The third-order valence-electron chi connectivity index (χ3n) is 7.40. The summed E-state index contributed by atoms with van der Waals surface area (Å²) in [5.74, 6) is 1.11. The van der Waals surface area contributed by atoms with Crippen molar-refractivity contribution >= 4 is 34.7 Å². The molecule has 178 valence electrons. The normalized spacial score (nSPS) is 27.6. The Morgan fingerprint density at radius 2 is 2.03 bits per heavy atom. The predicted octanol–water partition coefficient (Wildman–Crippen LogP) is 3.70. The van der Waals surface area contributed by atoms with Gasteiger partial charge in [-0.2, -0.15) is 0 Å². The standard InChI is InChI=1S/C24H32ClN5O2S/c1-14-12-16(31)21-19(14)22(27-13-26-21)29-8-10-30(11-9-29)23(32)20(17-4-5-18(25)33-17)15-6-7-24(2,3)28-15/h4-5,13-16,20,28,31H,6-12H2,1-3H3/t14-,15+,16-,20-/m1/s1. The van der Waals surface area contributed by atoms with Gasteiger partial charge in [-0.05, 0) is 51.2 Å². The lowest BCUT2D eigenvalue weighted by Gasteiger charge is -2.38. The highest BCUT2D eigenvalue weighted by Gasteiger charge is 2.42. The van der Waals surface area contributed by atoms with Gasteiger partial charge in [0.25, 0.3) is 0 Å². The molecule has 33 heavy (non-hydrogen) atoms. The number of aliphatic hydroxyl groups is 1. The molecule has 2 aliphatic heterocycles. The maximum atomic E-state index is 13.8. The number of aromatic nitrogens is 2. The number of nitrogens with one attached hydrogen (secondary N) is 1. The molecule has 0 aromatic carbocycles. The summed E-state index contributed by atoms with van der Waals surface area (Å²) in [4.78, 5) is 28.0. The van der Waals surface area contributed by atoms with Crippen LogP contribution in [0.5, 0.6) is 0 Å². The van der Waals surface area contributed by atoms with Crippen molar-refractivity contribution in [2.24, 2.45) is 0 Å². The van der Waals surface area contributed by atoms with Crippen LogP contribution in [0.15, 0.2) is 18.5 Å². The Hall–Kier alpha value is -1.74. The fraction of sp³-hybridized carbons (Fsp3) is 0.625. The Morgan fingerprint density at radius 3 is 2.67 bits per heavy atom. The number of hydrogen-bond donors (Lipinski definition) is 2. The van der Waals surface area contributed by atoms with Crippen LogP contribution in [0.25, 0.3) is 0 Å². The van der Waals surface area contributed by atoms with Crippen molar-refractivity contribution in [1.82, 2.24) is 20.2 Å². The minimum absolute atomic E-state index is 0.0393. The van der Waals surface area contributed by atoms with E-state index in [1.165, 1.54) is 11.3 Å². The third kappa shape index (κ3) is 4.38. The molecule has 0 radical (unpaired) electrons. The number of carbonyl (C=O) groups excluding carboxylic acids is 1. The zero-order valence-electron chi connectivity index (χ0n) is 19.4. The van der Waals surface area contributed by atoms with Gasteiger partial charge >= 0.3 is 0 Å². The van der Waals surface area contributed by atoms with Gasteiger partial charge in [-0.1, -0.05) is 18.5 Å². The summed E-state index contributed by atoms with van der Waals surface area (Å²) in [5, 5.41) is 14.0. The van der Waals surface area contributed by atoms with E-state index < -0.39 is 6.10 Å². The summed E-state index contributed by atoms with van der Waals surface area (Å²) in [5.41, 5.74) is 1.86. The average molecular weight is 490 g/mol. The minimum atomic E-state index is -0.513. The van der Waals surface area contributed by atoms with Crippen LogP contribution in [0.1, 0.15) is 74.1 Å². The van der Waals surface area contributed by atoms with Crippen LogP contribution in [-0.4, -0.2) is 63.6 Å². The largest absolute Gasteiger partial charge is 0.387 e. The van der Waals surface area contributed by atoms with Crippen molar-refractivity contribution < 1.29 is 9.90 Å². The summed E-state index contributed by atoms with van der Waals surface area (Å²) in [6.07, 6.45) is 3.76. The maximum Gasteiger partial charge on any atom is 0.232 e. The van der Waals surface area contributed by atoms with E-state index in [1.54, 1.807) is 6.33 Å². The van der Waals surface area contributed by atoms with Crippen LogP contribution in [0, 0.1) is 0 Å². The molecule has 5 rings (SSSR count). The first-order valence-corrected chi connectivity index (χ1v) is 13.0. The number of anilines is 1. The van der Waals surface area contributed by atoms with E-state index in [9.17, 15) is 9.90 Å². The van der Waals surface area contributed by atoms with Gasteiger partial charge in [-0.3, -0.25) is 4.79 Å². The second-order valence-electron chi connectivity index (χ2n) is 10.3. The quantitative estimate of drug-likeness (QED) is 0.681. The van der Waals surface area contributed by atoms with Gasteiger partial charge < -0.3 is 20.2 Å². The minimum Gasteiger partial charge on any atom is -0.387 e. The van der Waals surface area contributed by atoms with E-state index >= 15 is 0 Å². The Bertz CT molecular complexity index is 1040. The van der Waals surface area contributed by atoms with E-state index in [0.29, 0.717) is 19.5 Å². The first-order chi connectivity index (χ1) is 15.7. The van der Waals surface area contributed by atoms with Crippen molar-refractivity contribution in [2.75, 3.05) is 31.1 Å². The average Bonchev–Trinajstić information content (AvgIpc) is 3.46. The molecule has 1 amide bonds. The molecule has 1 aliphatic carbocycles. The van der Waals surface area contributed by atoms with Crippen LogP contribution in [0.4, 0.5) is 5.82 Å². The number of aliphatic hydroxyl groups excluding tert-OH is 1. The maximum absolute atomic E-state index is 13.8. The molecule has 0 spiro atoms. The number of carbonyl (C=O) groups is 1. The molecule has 7 nitrogen and oxygen atoms in total. The second kappa shape index (κ2) is 8.80. The van der Waals surface area contributed by atoms with Crippen LogP contribution in [0.3, 0.4) is 0 Å². The number of hydrogen-bond acceptors (Lipinski definition) is 7. The lowest BCUT2D eigenvalue weighted by atomic mass is 9.94. The number of rotatable bonds is 4. The van der Waals surface area contributed by atoms with Gasteiger partial charge in [-0.15, -0.1) is 11.3 Å². The SMILES string of the molecule is C[C@@H]1C[C@@H](O)c2ncnc(N3CCN(C(=O)[C@@H](c4ccc(Cl)s4)[C@@H]4CCC(C)(C)N4)CC3)c21. The van der Waals surface area contributed by atoms with Crippen molar-refractivity contribution in [2.45, 2.75) is 69.6 Å². The number of amides is 1. The Kier molecular flexibility index (Phi) is 6.14. The van der Waals surface area contributed by atoms with E-state index in [4.69, 9.17) is 11.6 Å². The zero-order chi connectivity index (χ0) is 23.3. The van der Waals surface area contributed by atoms with E-state index in [-0.39, 0.29) is 29.3 Å².